The molecule has 0 unspecified atom stereocenters. The average Bonchev–Trinajstić information content (AvgIpc) is 2.76. The van der Waals surface area contributed by atoms with Gasteiger partial charge in [0.2, 0.25) is 17.7 Å². The lowest BCUT2D eigenvalue weighted by molar-refractivity contribution is -0.142. The zero-order valence-corrected chi connectivity index (χ0v) is 12.8. The summed E-state index contributed by atoms with van der Waals surface area (Å²) in [5.41, 5.74) is 0.305. The second-order valence-electron chi connectivity index (χ2n) is 5.60. The average molecular weight is 337 g/mol. The SMILES string of the molecule is O=C(CN1C(=O)[C@@H]2CC=CC[C@H]2C1=O)Nc1ccc(F)c(Cl)c1. The first-order valence-electron chi connectivity index (χ1n) is 7.22. The number of nitrogens with zero attached hydrogens (tertiary/aromatic N) is 1. The van der Waals surface area contributed by atoms with Gasteiger partial charge in [-0.25, -0.2) is 4.39 Å². The maximum atomic E-state index is 13.1. The third-order valence-corrected chi connectivity index (χ3v) is 4.39. The number of amides is 3. The number of hydrogen-bond acceptors (Lipinski definition) is 3. The van der Waals surface area contributed by atoms with Crippen molar-refractivity contribution in [2.24, 2.45) is 11.8 Å². The fraction of sp³-hybridized carbons (Fsp3) is 0.312. The summed E-state index contributed by atoms with van der Waals surface area (Å²) in [4.78, 5) is 37.6. The molecule has 120 valence electrons. The molecule has 5 nitrogen and oxygen atoms in total. The number of imide groups is 1. The van der Waals surface area contributed by atoms with Crippen LogP contribution >= 0.6 is 11.6 Å². The predicted molar refractivity (Wildman–Crippen MR) is 82.1 cm³/mol. The number of benzene rings is 1. The third kappa shape index (κ3) is 2.99. The van der Waals surface area contributed by atoms with Crippen LogP contribution in [-0.4, -0.2) is 29.2 Å². The Kier molecular flexibility index (Phi) is 4.17. The van der Waals surface area contributed by atoms with Gasteiger partial charge in [0.1, 0.15) is 12.4 Å². The molecule has 2 atom stereocenters. The first-order chi connectivity index (χ1) is 11.0. The van der Waals surface area contributed by atoms with Crippen LogP contribution in [0.2, 0.25) is 5.02 Å². The number of rotatable bonds is 3. The number of fused-ring (bicyclic) bond motifs is 1. The number of nitrogens with one attached hydrogen (secondary N) is 1. The van der Waals surface area contributed by atoms with E-state index in [-0.39, 0.29) is 35.2 Å². The standard InChI is InChI=1S/C16H14ClFN2O3/c17-12-7-9(5-6-13(12)18)19-14(21)8-20-15(22)10-3-1-2-4-11(10)16(20)23/h1-2,5-7,10-11H,3-4,8H2,(H,19,21)/t10-,11-/m1/s1. The smallest absolute Gasteiger partial charge is 0.244 e. The molecule has 0 saturated carbocycles. The van der Waals surface area contributed by atoms with Crippen molar-refractivity contribution in [2.75, 3.05) is 11.9 Å². The van der Waals surface area contributed by atoms with E-state index in [4.69, 9.17) is 11.6 Å². The molecule has 1 heterocycles. The van der Waals surface area contributed by atoms with E-state index in [1.165, 1.54) is 12.1 Å². The van der Waals surface area contributed by atoms with Gasteiger partial charge in [0.05, 0.1) is 16.9 Å². The van der Waals surface area contributed by atoms with E-state index < -0.39 is 11.7 Å². The molecule has 3 rings (SSSR count). The van der Waals surface area contributed by atoms with Crippen LogP contribution in [0.1, 0.15) is 12.8 Å². The molecule has 0 spiro atoms. The van der Waals surface area contributed by atoms with E-state index in [0.717, 1.165) is 11.0 Å². The molecule has 0 bridgehead atoms. The van der Waals surface area contributed by atoms with Crippen LogP contribution in [0, 0.1) is 17.7 Å². The fourth-order valence-corrected chi connectivity index (χ4v) is 3.12. The van der Waals surface area contributed by atoms with Gasteiger partial charge in [-0.15, -0.1) is 0 Å². The van der Waals surface area contributed by atoms with E-state index >= 15 is 0 Å². The molecular weight excluding hydrogens is 323 g/mol. The molecule has 7 heteroatoms. The Bertz CT molecular complexity index is 693. The number of hydrogen-bond donors (Lipinski definition) is 1. The van der Waals surface area contributed by atoms with Gasteiger partial charge in [-0.3, -0.25) is 19.3 Å². The molecule has 0 aromatic heterocycles. The van der Waals surface area contributed by atoms with E-state index in [2.05, 4.69) is 5.32 Å². The number of carbonyl (C=O) groups excluding carboxylic acids is 3. The minimum Gasteiger partial charge on any atom is -0.324 e. The van der Waals surface area contributed by atoms with Crippen molar-refractivity contribution in [3.63, 3.8) is 0 Å². The maximum absolute atomic E-state index is 13.1. The van der Waals surface area contributed by atoms with Crippen molar-refractivity contribution in [2.45, 2.75) is 12.8 Å². The molecule has 1 fully saturated rings. The normalized spacial score (nSPS) is 23.1. The van der Waals surface area contributed by atoms with Gasteiger partial charge in [-0.05, 0) is 31.0 Å². The largest absolute Gasteiger partial charge is 0.324 e. The zero-order chi connectivity index (χ0) is 16.6. The van der Waals surface area contributed by atoms with Gasteiger partial charge in [0, 0.05) is 5.69 Å². The molecular formula is C16H14ClFN2O3. The fourth-order valence-electron chi connectivity index (χ4n) is 2.94. The molecule has 1 aliphatic carbocycles. The summed E-state index contributed by atoms with van der Waals surface area (Å²) in [6.45, 7) is -0.348. The summed E-state index contributed by atoms with van der Waals surface area (Å²) in [7, 11) is 0. The first-order valence-corrected chi connectivity index (χ1v) is 7.60. The second kappa shape index (κ2) is 6.12. The van der Waals surface area contributed by atoms with E-state index in [1.807, 2.05) is 12.2 Å². The molecule has 1 saturated heterocycles. The molecule has 2 aliphatic rings. The Morgan fingerprint density at radius 3 is 2.39 bits per heavy atom. The number of halogens is 2. The summed E-state index contributed by atoms with van der Waals surface area (Å²) < 4.78 is 13.1. The minimum atomic E-state index is -0.592. The molecule has 3 amide bonds. The summed E-state index contributed by atoms with van der Waals surface area (Å²) in [5.74, 6) is -2.46. The highest BCUT2D eigenvalue weighted by Crippen LogP contribution is 2.34. The van der Waals surface area contributed by atoms with Gasteiger partial charge < -0.3 is 5.32 Å². The van der Waals surface area contributed by atoms with Crippen LogP contribution in [-0.2, 0) is 14.4 Å². The number of carbonyl (C=O) groups is 3. The highest BCUT2D eigenvalue weighted by atomic mass is 35.5. The Hall–Kier alpha value is -2.21. The Labute approximate surface area is 137 Å². The monoisotopic (exact) mass is 336 g/mol. The van der Waals surface area contributed by atoms with Crippen molar-refractivity contribution >= 4 is 35.0 Å². The van der Waals surface area contributed by atoms with Crippen molar-refractivity contribution in [3.05, 3.63) is 41.2 Å². The van der Waals surface area contributed by atoms with Crippen molar-refractivity contribution < 1.29 is 18.8 Å². The van der Waals surface area contributed by atoms with Crippen molar-refractivity contribution in [3.8, 4) is 0 Å². The second-order valence-corrected chi connectivity index (χ2v) is 6.00. The van der Waals surface area contributed by atoms with Crippen LogP contribution < -0.4 is 5.32 Å². The van der Waals surface area contributed by atoms with Gasteiger partial charge in [-0.2, -0.15) is 0 Å². The van der Waals surface area contributed by atoms with Crippen LogP contribution in [0.4, 0.5) is 10.1 Å². The molecule has 1 N–H and O–H groups in total. The lowest BCUT2D eigenvalue weighted by atomic mass is 9.85. The molecule has 1 aromatic rings. The molecule has 23 heavy (non-hydrogen) atoms. The Balaban J connectivity index is 1.67. The Morgan fingerprint density at radius 1 is 1.22 bits per heavy atom. The van der Waals surface area contributed by atoms with E-state index in [0.29, 0.717) is 18.5 Å². The lowest BCUT2D eigenvalue weighted by Crippen LogP contribution is -2.38. The predicted octanol–water partition coefficient (Wildman–Crippen LogP) is 2.37. The third-order valence-electron chi connectivity index (χ3n) is 4.10. The number of likely N-dealkylation sites (tertiary alicyclic amines) is 1. The van der Waals surface area contributed by atoms with E-state index in [9.17, 15) is 18.8 Å². The van der Waals surface area contributed by atoms with E-state index in [1.54, 1.807) is 0 Å². The van der Waals surface area contributed by atoms with Crippen LogP contribution in [0.15, 0.2) is 30.4 Å². The highest BCUT2D eigenvalue weighted by molar-refractivity contribution is 6.31. The van der Waals surface area contributed by atoms with Crippen LogP contribution in [0.5, 0.6) is 0 Å². The summed E-state index contributed by atoms with van der Waals surface area (Å²) in [5, 5.41) is 2.39. The van der Waals surface area contributed by atoms with Crippen molar-refractivity contribution in [1.29, 1.82) is 0 Å². The molecule has 0 radical (unpaired) electrons. The lowest BCUT2D eigenvalue weighted by Gasteiger charge is -2.14. The van der Waals surface area contributed by atoms with Crippen LogP contribution in [0.3, 0.4) is 0 Å². The zero-order valence-electron chi connectivity index (χ0n) is 12.1. The highest BCUT2D eigenvalue weighted by Gasteiger charge is 2.47. The van der Waals surface area contributed by atoms with Gasteiger partial charge in [0.15, 0.2) is 0 Å². The van der Waals surface area contributed by atoms with Gasteiger partial charge in [-0.1, -0.05) is 23.8 Å². The minimum absolute atomic E-state index is 0.117. The quantitative estimate of drug-likeness (QED) is 0.680. The summed E-state index contributed by atoms with van der Waals surface area (Å²) in [6.07, 6.45) is 4.83. The summed E-state index contributed by atoms with van der Waals surface area (Å²) >= 11 is 5.64. The number of allylic oxidation sites excluding steroid dienone is 2. The van der Waals surface area contributed by atoms with Gasteiger partial charge >= 0.3 is 0 Å². The topological polar surface area (TPSA) is 66.5 Å². The first kappa shape index (κ1) is 15.7. The van der Waals surface area contributed by atoms with Crippen molar-refractivity contribution in [1.82, 2.24) is 4.90 Å². The molecule has 1 aromatic carbocycles. The molecule has 1 aliphatic heterocycles. The summed E-state index contributed by atoms with van der Waals surface area (Å²) in [6, 6.07) is 3.76. The maximum Gasteiger partial charge on any atom is 0.244 e. The van der Waals surface area contributed by atoms with Gasteiger partial charge in [0.25, 0.3) is 0 Å². The Morgan fingerprint density at radius 2 is 1.83 bits per heavy atom. The van der Waals surface area contributed by atoms with Crippen LogP contribution in [0.25, 0.3) is 0 Å². The number of anilines is 1.